The highest BCUT2D eigenvalue weighted by atomic mass is 19.1. The molecule has 1 saturated carbocycles. The first kappa shape index (κ1) is 13.7. The van der Waals surface area contributed by atoms with Gasteiger partial charge in [0.15, 0.2) is 5.75 Å². The van der Waals surface area contributed by atoms with E-state index in [1.807, 2.05) is 0 Å². The van der Waals surface area contributed by atoms with Crippen molar-refractivity contribution < 1.29 is 14.1 Å². The van der Waals surface area contributed by atoms with Crippen LogP contribution in [0.15, 0.2) is 18.2 Å². The number of nitrogens with zero attached hydrogens (tertiary/aromatic N) is 1. The lowest BCUT2D eigenvalue weighted by atomic mass is 10.1. The van der Waals surface area contributed by atoms with Crippen LogP contribution in [0.25, 0.3) is 0 Å². The molecule has 1 aromatic carbocycles. The van der Waals surface area contributed by atoms with Gasteiger partial charge in [-0.25, -0.2) is 4.39 Å². The van der Waals surface area contributed by atoms with Crippen LogP contribution in [0.3, 0.4) is 0 Å². The lowest BCUT2D eigenvalue weighted by molar-refractivity contribution is -0.386. The van der Waals surface area contributed by atoms with Gasteiger partial charge in [-0.2, -0.15) is 0 Å². The van der Waals surface area contributed by atoms with Crippen LogP contribution in [0, 0.1) is 15.9 Å². The fourth-order valence-electron chi connectivity index (χ4n) is 2.34. The Morgan fingerprint density at radius 2 is 2.05 bits per heavy atom. The summed E-state index contributed by atoms with van der Waals surface area (Å²) in [5, 5.41) is 10.9. The highest BCUT2D eigenvalue weighted by Gasteiger charge is 2.25. The maximum absolute atomic E-state index is 13.2. The predicted octanol–water partition coefficient (Wildman–Crippen LogP) is 2.77. The van der Waals surface area contributed by atoms with Gasteiger partial charge in [-0.05, 0) is 25.3 Å². The van der Waals surface area contributed by atoms with Crippen molar-refractivity contribution >= 4 is 5.69 Å². The van der Waals surface area contributed by atoms with Crippen LogP contribution in [-0.2, 0) is 0 Å². The van der Waals surface area contributed by atoms with Crippen LogP contribution in [0.5, 0.6) is 5.75 Å². The molecule has 19 heavy (non-hydrogen) atoms. The second kappa shape index (κ2) is 5.97. The van der Waals surface area contributed by atoms with E-state index in [4.69, 9.17) is 10.5 Å². The molecule has 2 rings (SSSR count). The topological polar surface area (TPSA) is 78.4 Å². The number of rotatable bonds is 3. The number of halogens is 1. The molecule has 0 saturated heterocycles. The van der Waals surface area contributed by atoms with E-state index in [-0.39, 0.29) is 23.6 Å². The molecule has 2 atom stereocenters. The van der Waals surface area contributed by atoms with E-state index < -0.39 is 10.7 Å². The fourth-order valence-corrected chi connectivity index (χ4v) is 2.34. The number of hydrogen-bond acceptors (Lipinski definition) is 4. The zero-order valence-electron chi connectivity index (χ0n) is 10.5. The zero-order chi connectivity index (χ0) is 13.8. The summed E-state index contributed by atoms with van der Waals surface area (Å²) in [6.45, 7) is 0. The highest BCUT2D eigenvalue weighted by molar-refractivity contribution is 5.46. The van der Waals surface area contributed by atoms with E-state index in [0.717, 1.165) is 50.3 Å². The van der Waals surface area contributed by atoms with Gasteiger partial charge in [0, 0.05) is 18.2 Å². The summed E-state index contributed by atoms with van der Waals surface area (Å²) in [6, 6.07) is 3.06. The number of hydrogen-bond donors (Lipinski definition) is 1. The summed E-state index contributed by atoms with van der Waals surface area (Å²) in [5.74, 6) is -0.588. The second-order valence-corrected chi connectivity index (χ2v) is 4.83. The number of benzene rings is 1. The summed E-state index contributed by atoms with van der Waals surface area (Å²) in [6.07, 6.45) is 4.37. The van der Waals surface area contributed by atoms with Gasteiger partial charge in [-0.3, -0.25) is 10.1 Å². The predicted molar refractivity (Wildman–Crippen MR) is 68.5 cm³/mol. The molecular weight excluding hydrogens is 251 g/mol. The Bertz CT molecular complexity index is 467. The molecule has 0 heterocycles. The number of nitro groups is 1. The Morgan fingerprint density at radius 1 is 1.32 bits per heavy atom. The van der Waals surface area contributed by atoms with Gasteiger partial charge in [0.1, 0.15) is 11.9 Å². The first-order chi connectivity index (χ1) is 9.08. The second-order valence-electron chi connectivity index (χ2n) is 4.83. The smallest absolute Gasteiger partial charge is 0.311 e. The molecule has 0 bridgehead atoms. The third kappa shape index (κ3) is 3.41. The SMILES string of the molecule is NC1CCCCCC1Oc1cc(F)ccc1[N+](=O)[O-]. The average Bonchev–Trinajstić information content (AvgIpc) is 2.55. The first-order valence-corrected chi connectivity index (χ1v) is 6.44. The molecule has 104 valence electrons. The van der Waals surface area contributed by atoms with Crippen LogP contribution in [0.4, 0.5) is 10.1 Å². The van der Waals surface area contributed by atoms with Crippen molar-refractivity contribution in [3.8, 4) is 5.75 Å². The van der Waals surface area contributed by atoms with Crippen molar-refractivity contribution in [2.75, 3.05) is 0 Å². The minimum Gasteiger partial charge on any atom is -0.482 e. The molecule has 0 spiro atoms. The first-order valence-electron chi connectivity index (χ1n) is 6.44. The van der Waals surface area contributed by atoms with Gasteiger partial charge in [0.05, 0.1) is 4.92 Å². The maximum atomic E-state index is 13.2. The van der Waals surface area contributed by atoms with E-state index in [9.17, 15) is 14.5 Å². The zero-order valence-corrected chi connectivity index (χ0v) is 10.5. The van der Waals surface area contributed by atoms with Gasteiger partial charge in [0.2, 0.25) is 0 Å². The molecule has 2 unspecified atom stereocenters. The molecule has 0 aromatic heterocycles. The van der Waals surface area contributed by atoms with Crippen molar-refractivity contribution in [3.63, 3.8) is 0 Å². The Morgan fingerprint density at radius 3 is 2.79 bits per heavy atom. The molecule has 5 nitrogen and oxygen atoms in total. The molecule has 1 aromatic rings. The minimum absolute atomic E-state index is 0.0349. The summed E-state index contributed by atoms with van der Waals surface area (Å²) in [5.41, 5.74) is 5.78. The Kier molecular flexibility index (Phi) is 4.31. The van der Waals surface area contributed by atoms with E-state index in [0.29, 0.717) is 0 Å². The Hall–Kier alpha value is -1.69. The Balaban J connectivity index is 2.21. The highest BCUT2D eigenvalue weighted by Crippen LogP contribution is 2.30. The van der Waals surface area contributed by atoms with Crippen molar-refractivity contribution in [1.82, 2.24) is 0 Å². The van der Waals surface area contributed by atoms with Gasteiger partial charge >= 0.3 is 5.69 Å². The summed E-state index contributed by atoms with van der Waals surface area (Å²) < 4.78 is 18.8. The molecule has 0 amide bonds. The molecule has 6 heteroatoms. The monoisotopic (exact) mass is 268 g/mol. The normalized spacial score (nSPS) is 23.7. The summed E-state index contributed by atoms with van der Waals surface area (Å²) in [7, 11) is 0. The van der Waals surface area contributed by atoms with Crippen LogP contribution < -0.4 is 10.5 Å². The van der Waals surface area contributed by atoms with Gasteiger partial charge in [0.25, 0.3) is 0 Å². The molecule has 1 aliphatic rings. The van der Waals surface area contributed by atoms with E-state index in [1.165, 1.54) is 0 Å². The van der Waals surface area contributed by atoms with Crippen LogP contribution in [0.2, 0.25) is 0 Å². The lowest BCUT2D eigenvalue weighted by Crippen LogP contribution is -2.38. The Labute approximate surface area is 110 Å². The molecule has 0 aliphatic heterocycles. The van der Waals surface area contributed by atoms with Gasteiger partial charge in [-0.15, -0.1) is 0 Å². The van der Waals surface area contributed by atoms with Crippen LogP contribution in [-0.4, -0.2) is 17.1 Å². The standard InChI is InChI=1S/C13H17FN2O3/c14-9-6-7-11(16(17)18)13(8-9)19-12-5-3-1-2-4-10(12)15/h6-8,10,12H,1-5,15H2. The van der Waals surface area contributed by atoms with Crippen molar-refractivity contribution in [2.24, 2.45) is 5.73 Å². The summed E-state index contributed by atoms with van der Waals surface area (Å²) >= 11 is 0. The van der Waals surface area contributed by atoms with Gasteiger partial charge in [-0.1, -0.05) is 12.8 Å². The summed E-state index contributed by atoms with van der Waals surface area (Å²) in [4.78, 5) is 10.3. The average molecular weight is 268 g/mol. The van der Waals surface area contributed by atoms with E-state index in [2.05, 4.69) is 0 Å². The van der Waals surface area contributed by atoms with Crippen LogP contribution in [0.1, 0.15) is 32.1 Å². The van der Waals surface area contributed by atoms with Crippen molar-refractivity contribution in [2.45, 2.75) is 44.2 Å². The largest absolute Gasteiger partial charge is 0.482 e. The van der Waals surface area contributed by atoms with E-state index in [1.54, 1.807) is 0 Å². The van der Waals surface area contributed by atoms with Crippen molar-refractivity contribution in [1.29, 1.82) is 0 Å². The number of nitrogens with two attached hydrogens (primary N) is 1. The maximum Gasteiger partial charge on any atom is 0.311 e. The van der Waals surface area contributed by atoms with Crippen molar-refractivity contribution in [3.05, 3.63) is 34.1 Å². The number of nitro benzene ring substituents is 1. The molecule has 2 N–H and O–H groups in total. The third-order valence-electron chi connectivity index (χ3n) is 3.40. The lowest BCUT2D eigenvalue weighted by Gasteiger charge is -2.22. The number of ether oxygens (including phenoxy) is 1. The quantitative estimate of drug-likeness (QED) is 0.519. The molecular formula is C13H17FN2O3. The van der Waals surface area contributed by atoms with Crippen LogP contribution >= 0.6 is 0 Å². The third-order valence-corrected chi connectivity index (χ3v) is 3.40. The van der Waals surface area contributed by atoms with Gasteiger partial charge < -0.3 is 10.5 Å². The fraction of sp³-hybridized carbons (Fsp3) is 0.538. The molecule has 0 radical (unpaired) electrons. The molecule has 1 fully saturated rings. The van der Waals surface area contributed by atoms with E-state index >= 15 is 0 Å². The minimum atomic E-state index is -0.572. The molecule has 1 aliphatic carbocycles.